The minimum absolute atomic E-state index is 0.0152. The Balaban J connectivity index is 1.02. The fourth-order valence-electron chi connectivity index (χ4n) is 9.60. The molecular formula is C54H48F6N8O6. The van der Waals surface area contributed by atoms with Crippen molar-refractivity contribution in [2.24, 2.45) is 0 Å². The first-order valence-electron chi connectivity index (χ1n) is 23.8. The van der Waals surface area contributed by atoms with E-state index in [0.29, 0.717) is 90.2 Å². The summed E-state index contributed by atoms with van der Waals surface area (Å²) in [4.78, 5) is 40.9. The van der Waals surface area contributed by atoms with E-state index in [9.17, 15) is 56.4 Å². The highest BCUT2D eigenvalue weighted by Gasteiger charge is 2.33. The van der Waals surface area contributed by atoms with E-state index < -0.39 is 53.6 Å². The molecular weight excluding hydrogens is 971 g/mol. The summed E-state index contributed by atoms with van der Waals surface area (Å²) < 4.78 is 85.4. The van der Waals surface area contributed by atoms with Crippen molar-refractivity contribution in [1.29, 1.82) is 0 Å². The van der Waals surface area contributed by atoms with Crippen molar-refractivity contribution in [3.63, 3.8) is 0 Å². The topological polar surface area (TPSA) is 181 Å². The lowest BCUT2D eigenvalue weighted by molar-refractivity contribution is -0.138. The standard InChI is InChI=1S/C54H48F6N8O6/c55-53(56,57)35-5-1-3-33(24-35)49(73)63-51-61-44-16-15-39(65-20-17-41(70)29-65)27-45(44)67(51)37-13-9-32(10-14-37)23-47(72)43-26-40(66-21-18-42(71)30-66)28-46-48(43)62-52(68(46)38-11-7-31(8-12-38)19-22-69)64-50(74)34-4-2-6-36(25-34)54(58,59)60/h1-16,24-28,41-42,47,69-72H,17-23,29-30H2,(H,61,63,73)(H,62,64,74)/t41-,42+,47?/m1/s1. The van der Waals surface area contributed by atoms with Gasteiger partial charge in [-0.2, -0.15) is 26.3 Å². The molecule has 0 spiro atoms. The zero-order valence-corrected chi connectivity index (χ0v) is 39.3. The number of imidazole rings is 2. The molecule has 3 atom stereocenters. The Hall–Kier alpha value is -7.78. The fraction of sp³-hybridized carbons (Fsp3) is 0.259. The Morgan fingerprint density at radius 2 is 1.11 bits per heavy atom. The normalized spacial score (nSPS) is 16.6. The second kappa shape index (κ2) is 19.9. The summed E-state index contributed by atoms with van der Waals surface area (Å²) in [7, 11) is 0. The molecule has 2 fully saturated rings. The number of halogens is 6. The van der Waals surface area contributed by atoms with Crippen molar-refractivity contribution in [3.05, 3.63) is 166 Å². The average Bonchev–Trinajstić information content (AvgIpc) is 4.19. The lowest BCUT2D eigenvalue weighted by Crippen LogP contribution is -2.21. The van der Waals surface area contributed by atoms with Crippen molar-refractivity contribution >= 4 is 57.2 Å². The number of hydrogen-bond donors (Lipinski definition) is 6. The van der Waals surface area contributed by atoms with E-state index >= 15 is 0 Å². The highest BCUT2D eigenvalue weighted by molar-refractivity contribution is 6.05. The monoisotopic (exact) mass is 1020 g/mol. The molecule has 1 unspecified atom stereocenters. The summed E-state index contributed by atoms with van der Waals surface area (Å²) in [5.74, 6) is -1.73. The Morgan fingerprint density at radius 1 is 0.608 bits per heavy atom. The van der Waals surface area contributed by atoms with Crippen LogP contribution in [-0.2, 0) is 25.2 Å². The molecule has 6 N–H and O–H groups in total. The number of aliphatic hydroxyl groups is 4. The smallest absolute Gasteiger partial charge is 0.396 e. The van der Waals surface area contributed by atoms with Gasteiger partial charge in [-0.05, 0) is 121 Å². The van der Waals surface area contributed by atoms with Crippen LogP contribution in [0, 0.1) is 0 Å². The predicted molar refractivity (Wildman–Crippen MR) is 266 cm³/mol. The minimum atomic E-state index is -4.71. The van der Waals surface area contributed by atoms with E-state index in [2.05, 4.69) is 15.6 Å². The third-order valence-corrected chi connectivity index (χ3v) is 13.4. The number of rotatable bonds is 13. The van der Waals surface area contributed by atoms with Gasteiger partial charge in [0.05, 0.1) is 51.5 Å². The van der Waals surface area contributed by atoms with Crippen molar-refractivity contribution in [3.8, 4) is 11.4 Å². The Labute approximate surface area is 418 Å². The number of amides is 2. The lowest BCUT2D eigenvalue weighted by atomic mass is 9.99. The third kappa shape index (κ3) is 10.3. The summed E-state index contributed by atoms with van der Waals surface area (Å²) in [6.07, 6.45) is -10.3. The van der Waals surface area contributed by atoms with Gasteiger partial charge in [0.2, 0.25) is 11.9 Å². The highest BCUT2D eigenvalue weighted by atomic mass is 19.4. The van der Waals surface area contributed by atoms with Crippen LogP contribution in [0.3, 0.4) is 0 Å². The maximum absolute atomic E-state index is 13.8. The van der Waals surface area contributed by atoms with Gasteiger partial charge in [0.25, 0.3) is 11.8 Å². The molecule has 2 saturated heterocycles. The van der Waals surface area contributed by atoms with Crippen LogP contribution in [0.25, 0.3) is 33.4 Å². The molecule has 2 aliphatic heterocycles. The van der Waals surface area contributed by atoms with Crippen LogP contribution in [0.5, 0.6) is 0 Å². The molecule has 6 aromatic carbocycles. The fourth-order valence-corrected chi connectivity index (χ4v) is 9.60. The number of carbonyl (C=O) groups excluding carboxylic acids is 2. The number of benzene rings is 6. The molecule has 0 bridgehead atoms. The number of aliphatic hydroxyl groups excluding tert-OH is 4. The van der Waals surface area contributed by atoms with Gasteiger partial charge in [-0.25, -0.2) is 9.97 Å². The summed E-state index contributed by atoms with van der Waals surface area (Å²) in [5, 5.41) is 48.2. The first-order valence-corrected chi connectivity index (χ1v) is 23.8. The molecule has 0 saturated carbocycles. The van der Waals surface area contributed by atoms with Crippen molar-refractivity contribution < 1.29 is 56.4 Å². The Kier molecular flexibility index (Phi) is 13.4. The number of fused-ring (bicyclic) bond motifs is 2. The van der Waals surface area contributed by atoms with Crippen LogP contribution in [0.15, 0.2) is 127 Å². The second-order valence-corrected chi connectivity index (χ2v) is 18.5. The Bertz CT molecular complexity index is 3400. The van der Waals surface area contributed by atoms with E-state index in [1.54, 1.807) is 69.8 Å². The lowest BCUT2D eigenvalue weighted by Gasteiger charge is -2.21. The predicted octanol–water partition coefficient (Wildman–Crippen LogP) is 8.86. The van der Waals surface area contributed by atoms with Crippen LogP contribution in [0.2, 0.25) is 0 Å². The molecule has 382 valence electrons. The number of nitrogens with zero attached hydrogens (tertiary/aromatic N) is 6. The summed E-state index contributed by atoms with van der Waals surface area (Å²) in [6, 6.07) is 31.1. The van der Waals surface area contributed by atoms with Crippen LogP contribution in [0.4, 0.5) is 49.6 Å². The molecule has 2 aliphatic rings. The van der Waals surface area contributed by atoms with Crippen molar-refractivity contribution in [2.75, 3.05) is 53.2 Å². The maximum Gasteiger partial charge on any atom is 0.416 e. The zero-order chi connectivity index (χ0) is 52.1. The number of aromatic nitrogens is 4. The number of alkyl halides is 6. The molecule has 2 amide bonds. The van der Waals surface area contributed by atoms with Crippen LogP contribution in [0.1, 0.15) is 67.5 Å². The Morgan fingerprint density at radius 3 is 1.64 bits per heavy atom. The number of carbonyl (C=O) groups is 2. The molecule has 10 rings (SSSR count). The largest absolute Gasteiger partial charge is 0.416 e. The van der Waals surface area contributed by atoms with Crippen molar-refractivity contribution in [1.82, 2.24) is 19.1 Å². The molecule has 74 heavy (non-hydrogen) atoms. The first kappa shape index (κ1) is 49.8. The van der Waals surface area contributed by atoms with Crippen LogP contribution < -0.4 is 20.4 Å². The van der Waals surface area contributed by atoms with E-state index in [0.717, 1.165) is 47.6 Å². The van der Waals surface area contributed by atoms with Gasteiger partial charge in [-0.3, -0.25) is 29.4 Å². The molecule has 0 radical (unpaired) electrons. The summed E-state index contributed by atoms with van der Waals surface area (Å²) in [5.41, 5.74) is 3.41. The van der Waals surface area contributed by atoms with Gasteiger partial charge in [0.15, 0.2) is 0 Å². The molecule has 0 aliphatic carbocycles. The molecule has 2 aromatic heterocycles. The number of anilines is 4. The molecule has 20 heteroatoms. The molecule has 8 aromatic rings. The number of β-amino-alcohol motifs (C(OH)–C–C–N with tert-alkyl or cyclic N) is 2. The van der Waals surface area contributed by atoms with E-state index in [1.165, 1.54) is 12.1 Å². The maximum atomic E-state index is 13.8. The average molecular weight is 1020 g/mol. The zero-order valence-electron chi connectivity index (χ0n) is 39.3. The van der Waals surface area contributed by atoms with Crippen LogP contribution >= 0.6 is 0 Å². The van der Waals surface area contributed by atoms with Gasteiger partial charge in [-0.15, -0.1) is 0 Å². The van der Waals surface area contributed by atoms with Crippen molar-refractivity contribution in [2.45, 2.75) is 56.3 Å². The number of hydrogen-bond acceptors (Lipinski definition) is 10. The quantitative estimate of drug-likeness (QED) is 0.0611. The SMILES string of the molecule is O=C(Nc1nc2ccc(N3CC[C@@H](O)C3)cc2n1-c1ccc(CC(O)c2cc(N3CC[C@H](O)C3)cc3c2nc(NC(=O)c2cccc(C(F)(F)F)c2)n3-c2ccc(CCO)cc2)cc1)c1cccc(C(F)(F)F)c1. The third-order valence-electron chi connectivity index (χ3n) is 13.4. The number of nitrogens with one attached hydrogen (secondary N) is 2. The van der Waals surface area contributed by atoms with Gasteiger partial charge >= 0.3 is 12.4 Å². The van der Waals surface area contributed by atoms with Gasteiger partial charge < -0.3 is 30.2 Å². The van der Waals surface area contributed by atoms with Gasteiger partial charge in [0.1, 0.15) is 0 Å². The highest BCUT2D eigenvalue weighted by Crippen LogP contribution is 2.38. The van der Waals surface area contributed by atoms with Gasteiger partial charge in [0, 0.05) is 78.6 Å². The van der Waals surface area contributed by atoms with Crippen LogP contribution in [-0.4, -0.2) is 96.3 Å². The first-order chi connectivity index (χ1) is 35.4. The molecule has 4 heterocycles. The second-order valence-electron chi connectivity index (χ2n) is 18.5. The van der Waals surface area contributed by atoms with E-state index in [1.807, 2.05) is 28.0 Å². The summed E-state index contributed by atoms with van der Waals surface area (Å²) in [6.45, 7) is 1.68. The summed E-state index contributed by atoms with van der Waals surface area (Å²) >= 11 is 0. The molecule has 14 nitrogen and oxygen atoms in total. The minimum Gasteiger partial charge on any atom is -0.396 e. The van der Waals surface area contributed by atoms with E-state index in [-0.39, 0.29) is 41.6 Å². The van der Waals surface area contributed by atoms with E-state index in [4.69, 9.17) is 4.98 Å². The van der Waals surface area contributed by atoms with Gasteiger partial charge in [-0.1, -0.05) is 36.4 Å².